The van der Waals surface area contributed by atoms with Crippen LogP contribution in [0.3, 0.4) is 0 Å². The molecule has 2 nitrogen and oxygen atoms in total. The van der Waals surface area contributed by atoms with Crippen LogP contribution in [-0.4, -0.2) is 30.3 Å². The standard InChI is InChI=1S/C10H19NO/c1-7(2)10-9(12)5-8(3)6-11(10)4/h7-8,10H,5-6H2,1-4H3. The topological polar surface area (TPSA) is 20.3 Å². The van der Waals surface area contributed by atoms with Gasteiger partial charge in [0.15, 0.2) is 5.78 Å². The zero-order valence-corrected chi connectivity index (χ0v) is 8.50. The third-order valence-corrected chi connectivity index (χ3v) is 2.59. The van der Waals surface area contributed by atoms with Gasteiger partial charge >= 0.3 is 0 Å². The van der Waals surface area contributed by atoms with Gasteiger partial charge in [0.2, 0.25) is 0 Å². The van der Waals surface area contributed by atoms with Crippen molar-refractivity contribution < 1.29 is 4.79 Å². The number of likely N-dealkylation sites (N-methyl/N-ethyl adjacent to an activating group) is 1. The summed E-state index contributed by atoms with van der Waals surface area (Å²) in [4.78, 5) is 13.8. The molecule has 0 aromatic carbocycles. The molecule has 1 fully saturated rings. The van der Waals surface area contributed by atoms with E-state index in [4.69, 9.17) is 0 Å². The zero-order valence-electron chi connectivity index (χ0n) is 8.50. The number of ketones is 1. The van der Waals surface area contributed by atoms with E-state index in [9.17, 15) is 4.79 Å². The highest BCUT2D eigenvalue weighted by Crippen LogP contribution is 2.21. The zero-order chi connectivity index (χ0) is 9.30. The lowest BCUT2D eigenvalue weighted by atomic mass is 9.87. The lowest BCUT2D eigenvalue weighted by Gasteiger charge is -2.36. The van der Waals surface area contributed by atoms with Crippen LogP contribution < -0.4 is 0 Å². The molecular formula is C10H19NO. The summed E-state index contributed by atoms with van der Waals surface area (Å²) >= 11 is 0. The normalized spacial score (nSPS) is 32.9. The number of Topliss-reactive ketones (excluding diaryl/α,β-unsaturated/α-hetero) is 1. The molecular weight excluding hydrogens is 150 g/mol. The predicted octanol–water partition coefficient (Wildman–Crippen LogP) is 1.55. The van der Waals surface area contributed by atoms with E-state index in [1.165, 1.54) is 0 Å². The third kappa shape index (κ3) is 1.86. The minimum absolute atomic E-state index is 0.168. The average molecular weight is 169 g/mol. The molecule has 12 heavy (non-hydrogen) atoms. The van der Waals surface area contributed by atoms with Crippen molar-refractivity contribution in [2.45, 2.75) is 33.2 Å². The first-order valence-electron chi connectivity index (χ1n) is 4.75. The van der Waals surface area contributed by atoms with Crippen LogP contribution in [0.5, 0.6) is 0 Å². The highest BCUT2D eigenvalue weighted by molar-refractivity contribution is 5.85. The number of hydrogen-bond acceptors (Lipinski definition) is 2. The van der Waals surface area contributed by atoms with Crippen LogP contribution in [0.25, 0.3) is 0 Å². The van der Waals surface area contributed by atoms with Crippen molar-refractivity contribution in [3.63, 3.8) is 0 Å². The first-order chi connectivity index (χ1) is 5.52. The van der Waals surface area contributed by atoms with Crippen molar-refractivity contribution in [3.05, 3.63) is 0 Å². The highest BCUT2D eigenvalue weighted by Gasteiger charge is 2.32. The van der Waals surface area contributed by atoms with E-state index in [0.717, 1.165) is 13.0 Å². The largest absolute Gasteiger partial charge is 0.298 e. The highest BCUT2D eigenvalue weighted by atomic mass is 16.1. The van der Waals surface area contributed by atoms with Gasteiger partial charge in [0, 0.05) is 13.0 Å². The van der Waals surface area contributed by atoms with Crippen molar-refractivity contribution in [2.75, 3.05) is 13.6 Å². The van der Waals surface area contributed by atoms with Crippen LogP contribution in [-0.2, 0) is 4.79 Å². The van der Waals surface area contributed by atoms with Crippen molar-refractivity contribution in [2.24, 2.45) is 11.8 Å². The molecule has 2 atom stereocenters. The Morgan fingerprint density at radius 3 is 2.50 bits per heavy atom. The van der Waals surface area contributed by atoms with Crippen LogP contribution in [0.2, 0.25) is 0 Å². The van der Waals surface area contributed by atoms with Crippen molar-refractivity contribution in [3.8, 4) is 0 Å². The molecule has 0 N–H and O–H groups in total. The second-order valence-corrected chi connectivity index (χ2v) is 4.40. The molecule has 0 amide bonds. The van der Waals surface area contributed by atoms with E-state index in [1.54, 1.807) is 0 Å². The number of piperidine rings is 1. The summed E-state index contributed by atoms with van der Waals surface area (Å²) in [6.07, 6.45) is 0.771. The minimum atomic E-state index is 0.168. The molecule has 0 aromatic heterocycles. The lowest BCUT2D eigenvalue weighted by Crippen LogP contribution is -2.49. The van der Waals surface area contributed by atoms with Gasteiger partial charge in [-0.25, -0.2) is 0 Å². The maximum atomic E-state index is 11.6. The Hall–Kier alpha value is -0.370. The van der Waals surface area contributed by atoms with E-state index < -0.39 is 0 Å². The van der Waals surface area contributed by atoms with E-state index in [1.807, 2.05) is 0 Å². The molecule has 1 heterocycles. The Morgan fingerprint density at radius 2 is 2.08 bits per heavy atom. The van der Waals surface area contributed by atoms with E-state index >= 15 is 0 Å². The molecule has 1 aliphatic heterocycles. The summed E-state index contributed by atoms with van der Waals surface area (Å²) in [6, 6.07) is 0.168. The Labute approximate surface area is 74.9 Å². The fourth-order valence-electron chi connectivity index (χ4n) is 2.26. The van der Waals surface area contributed by atoms with Gasteiger partial charge in [-0.05, 0) is 18.9 Å². The Morgan fingerprint density at radius 1 is 1.50 bits per heavy atom. The fraction of sp³-hybridized carbons (Fsp3) is 0.900. The van der Waals surface area contributed by atoms with Crippen LogP contribution >= 0.6 is 0 Å². The van der Waals surface area contributed by atoms with Crippen LogP contribution in [0.1, 0.15) is 27.2 Å². The van der Waals surface area contributed by atoms with Crippen LogP contribution in [0, 0.1) is 11.8 Å². The predicted molar refractivity (Wildman–Crippen MR) is 50.0 cm³/mol. The summed E-state index contributed by atoms with van der Waals surface area (Å²) in [7, 11) is 2.05. The van der Waals surface area contributed by atoms with Gasteiger partial charge in [0.05, 0.1) is 6.04 Å². The maximum absolute atomic E-state index is 11.6. The molecule has 1 aliphatic rings. The SMILES string of the molecule is CC1CC(=O)C(C(C)C)N(C)C1. The number of carbonyl (C=O) groups excluding carboxylic acids is 1. The molecule has 0 bridgehead atoms. The average Bonchev–Trinajstić information content (AvgIpc) is 1.82. The van der Waals surface area contributed by atoms with Gasteiger partial charge in [-0.1, -0.05) is 20.8 Å². The second kappa shape index (κ2) is 3.56. The third-order valence-electron chi connectivity index (χ3n) is 2.59. The summed E-state index contributed by atoms with van der Waals surface area (Å²) in [6.45, 7) is 7.45. The molecule has 0 aliphatic carbocycles. The van der Waals surface area contributed by atoms with Gasteiger partial charge < -0.3 is 0 Å². The monoisotopic (exact) mass is 169 g/mol. The number of nitrogens with zero attached hydrogens (tertiary/aromatic N) is 1. The van der Waals surface area contributed by atoms with Gasteiger partial charge in [0.1, 0.15) is 0 Å². The molecule has 1 rings (SSSR count). The molecule has 2 heteroatoms. The number of carbonyl (C=O) groups is 1. The first kappa shape index (κ1) is 9.72. The van der Waals surface area contributed by atoms with E-state index in [2.05, 4.69) is 32.7 Å². The number of rotatable bonds is 1. The van der Waals surface area contributed by atoms with Crippen LogP contribution in [0.15, 0.2) is 0 Å². The fourth-order valence-corrected chi connectivity index (χ4v) is 2.26. The molecule has 0 saturated carbocycles. The maximum Gasteiger partial charge on any atom is 0.150 e. The molecule has 0 radical (unpaired) electrons. The summed E-state index contributed by atoms with van der Waals surface area (Å²) < 4.78 is 0. The van der Waals surface area contributed by atoms with Crippen LogP contribution in [0.4, 0.5) is 0 Å². The molecule has 0 aromatic rings. The lowest BCUT2D eigenvalue weighted by molar-refractivity contribution is -0.129. The minimum Gasteiger partial charge on any atom is -0.298 e. The second-order valence-electron chi connectivity index (χ2n) is 4.40. The van der Waals surface area contributed by atoms with Gasteiger partial charge in [-0.3, -0.25) is 9.69 Å². The van der Waals surface area contributed by atoms with E-state index in [-0.39, 0.29) is 6.04 Å². The van der Waals surface area contributed by atoms with Gasteiger partial charge in [-0.15, -0.1) is 0 Å². The van der Waals surface area contributed by atoms with Gasteiger partial charge in [-0.2, -0.15) is 0 Å². The molecule has 1 saturated heterocycles. The number of likely N-dealkylation sites (tertiary alicyclic amines) is 1. The summed E-state index contributed by atoms with van der Waals surface area (Å²) in [5, 5.41) is 0. The van der Waals surface area contributed by atoms with E-state index in [0.29, 0.717) is 17.6 Å². The van der Waals surface area contributed by atoms with Crippen molar-refractivity contribution >= 4 is 5.78 Å². The Kier molecular flexibility index (Phi) is 2.89. The Balaban J connectivity index is 2.67. The first-order valence-corrected chi connectivity index (χ1v) is 4.75. The van der Waals surface area contributed by atoms with Gasteiger partial charge in [0.25, 0.3) is 0 Å². The number of hydrogen-bond donors (Lipinski definition) is 0. The smallest absolute Gasteiger partial charge is 0.150 e. The van der Waals surface area contributed by atoms with Crippen molar-refractivity contribution in [1.82, 2.24) is 4.90 Å². The van der Waals surface area contributed by atoms with Crippen molar-refractivity contribution in [1.29, 1.82) is 0 Å². The summed E-state index contributed by atoms with van der Waals surface area (Å²) in [5.74, 6) is 1.42. The molecule has 70 valence electrons. The molecule has 2 unspecified atom stereocenters. The Bertz CT molecular complexity index is 177. The molecule has 0 spiro atoms. The quantitative estimate of drug-likeness (QED) is 0.593. The summed E-state index contributed by atoms with van der Waals surface area (Å²) in [5.41, 5.74) is 0.